The number of nitrogens with one attached hydrogen (secondary N) is 1. The Balaban J connectivity index is 1.55. The average molecular weight is 479 g/mol. The fourth-order valence-electron chi connectivity index (χ4n) is 4.16. The molecule has 0 bridgehead atoms. The van der Waals surface area contributed by atoms with E-state index >= 15 is 0 Å². The first kappa shape index (κ1) is 24.8. The van der Waals surface area contributed by atoms with Gasteiger partial charge in [-0.05, 0) is 44.4 Å². The van der Waals surface area contributed by atoms with Crippen molar-refractivity contribution >= 4 is 27.7 Å². The predicted octanol–water partition coefficient (Wildman–Crippen LogP) is 4.05. The van der Waals surface area contributed by atoms with E-state index in [4.69, 9.17) is 4.98 Å². The Labute approximate surface area is 196 Å². The van der Waals surface area contributed by atoms with Crippen LogP contribution in [-0.2, 0) is 21.4 Å². The highest BCUT2D eigenvalue weighted by Crippen LogP contribution is 2.35. The minimum absolute atomic E-state index is 0.0638. The molecule has 0 unspecified atom stereocenters. The van der Waals surface area contributed by atoms with Crippen LogP contribution in [0.4, 0.5) is 0 Å². The summed E-state index contributed by atoms with van der Waals surface area (Å²) in [6.45, 7) is 9.01. The van der Waals surface area contributed by atoms with Gasteiger partial charge < -0.3 is 9.88 Å². The lowest BCUT2D eigenvalue weighted by Gasteiger charge is -2.18. The van der Waals surface area contributed by atoms with Crippen LogP contribution < -0.4 is 5.32 Å². The highest BCUT2D eigenvalue weighted by Gasteiger charge is 2.24. The largest absolute Gasteiger partial charge is 0.351 e. The number of nitrogens with zero attached hydrogens (tertiary/aromatic N) is 3. The lowest BCUT2D eigenvalue weighted by Crippen LogP contribution is -2.30. The molecule has 0 radical (unpaired) electrons. The third kappa shape index (κ3) is 5.55. The summed E-state index contributed by atoms with van der Waals surface area (Å²) in [6, 6.07) is 7.21. The van der Waals surface area contributed by atoms with Crippen molar-refractivity contribution in [1.29, 1.82) is 0 Å². The summed E-state index contributed by atoms with van der Waals surface area (Å²) < 4.78 is 28.9. The van der Waals surface area contributed by atoms with E-state index in [1.54, 1.807) is 24.3 Å². The Morgan fingerprint density at radius 2 is 1.78 bits per heavy atom. The molecule has 1 saturated carbocycles. The summed E-state index contributed by atoms with van der Waals surface area (Å²) in [7, 11) is -3.47. The number of carbonyl (C=O) groups is 1. The molecule has 9 heteroatoms. The van der Waals surface area contributed by atoms with Crippen LogP contribution in [0.5, 0.6) is 0 Å². The molecule has 2 aromatic rings. The van der Waals surface area contributed by atoms with Crippen molar-refractivity contribution in [2.45, 2.75) is 76.0 Å². The molecule has 3 rings (SSSR count). The van der Waals surface area contributed by atoms with E-state index in [9.17, 15) is 13.2 Å². The second kappa shape index (κ2) is 10.9. The summed E-state index contributed by atoms with van der Waals surface area (Å²) in [5.41, 5.74) is 3.08. The number of aryl methyl sites for hydroxylation is 1. The van der Waals surface area contributed by atoms with Crippen molar-refractivity contribution in [3.05, 3.63) is 41.2 Å². The highest BCUT2D eigenvalue weighted by atomic mass is 32.2. The van der Waals surface area contributed by atoms with E-state index in [1.807, 2.05) is 20.8 Å². The van der Waals surface area contributed by atoms with Gasteiger partial charge in [-0.15, -0.1) is 0 Å². The van der Waals surface area contributed by atoms with Crippen LogP contribution in [0.25, 0.3) is 0 Å². The monoisotopic (exact) mass is 478 g/mol. The Morgan fingerprint density at radius 3 is 2.38 bits per heavy atom. The van der Waals surface area contributed by atoms with Gasteiger partial charge in [-0.2, -0.15) is 4.31 Å². The minimum atomic E-state index is -3.47. The number of benzene rings is 1. The number of imidazole rings is 1. The van der Waals surface area contributed by atoms with Crippen molar-refractivity contribution in [2.24, 2.45) is 0 Å². The van der Waals surface area contributed by atoms with Crippen LogP contribution in [0.3, 0.4) is 0 Å². The summed E-state index contributed by atoms with van der Waals surface area (Å²) in [5, 5.41) is 3.85. The number of amides is 1. The zero-order valence-electron chi connectivity index (χ0n) is 19.4. The highest BCUT2D eigenvalue weighted by molar-refractivity contribution is 7.99. The molecule has 176 valence electrons. The van der Waals surface area contributed by atoms with Gasteiger partial charge in [0.1, 0.15) is 0 Å². The Bertz CT molecular complexity index is 1020. The van der Waals surface area contributed by atoms with Gasteiger partial charge in [0.15, 0.2) is 5.16 Å². The number of sulfonamides is 1. The maximum absolute atomic E-state index is 12.6. The molecule has 1 aromatic heterocycles. The van der Waals surface area contributed by atoms with Gasteiger partial charge in [0, 0.05) is 31.4 Å². The van der Waals surface area contributed by atoms with Crippen LogP contribution in [0, 0.1) is 13.8 Å². The Morgan fingerprint density at radius 1 is 1.16 bits per heavy atom. The molecule has 0 aliphatic heterocycles. The Kier molecular flexibility index (Phi) is 8.41. The van der Waals surface area contributed by atoms with Gasteiger partial charge >= 0.3 is 0 Å². The second-order valence-corrected chi connectivity index (χ2v) is 11.1. The summed E-state index contributed by atoms with van der Waals surface area (Å²) in [4.78, 5) is 17.4. The lowest BCUT2D eigenvalue weighted by molar-refractivity contribution is -0.118. The number of rotatable bonds is 10. The van der Waals surface area contributed by atoms with Gasteiger partial charge in [0.05, 0.1) is 16.3 Å². The maximum Gasteiger partial charge on any atom is 0.243 e. The maximum atomic E-state index is 12.6. The van der Waals surface area contributed by atoms with E-state index < -0.39 is 10.0 Å². The van der Waals surface area contributed by atoms with E-state index in [0.29, 0.717) is 31.4 Å². The number of aromatic nitrogens is 2. The normalized spacial score (nSPS) is 14.9. The molecule has 0 saturated heterocycles. The molecular formula is C23H34N4O3S2. The molecular weight excluding hydrogens is 444 g/mol. The van der Waals surface area contributed by atoms with Crippen molar-refractivity contribution < 1.29 is 13.2 Å². The summed E-state index contributed by atoms with van der Waals surface area (Å²) >= 11 is 1.48. The smallest absolute Gasteiger partial charge is 0.243 e. The third-order valence-corrected chi connectivity index (χ3v) is 9.15. The van der Waals surface area contributed by atoms with Crippen LogP contribution in [0.2, 0.25) is 0 Å². The SMILES string of the molecule is CCN(CC)S(=O)(=O)c1ccc(CNC(=O)CSc2nc(C)c(C)n2C2CCCC2)cc1. The number of thioether (sulfide) groups is 1. The van der Waals surface area contributed by atoms with Crippen LogP contribution in [-0.4, -0.2) is 47.0 Å². The quantitative estimate of drug-likeness (QED) is 0.521. The predicted molar refractivity (Wildman–Crippen MR) is 128 cm³/mol. The van der Waals surface area contributed by atoms with Crippen molar-refractivity contribution in [3.63, 3.8) is 0 Å². The third-order valence-electron chi connectivity index (χ3n) is 6.13. The summed E-state index contributed by atoms with van der Waals surface area (Å²) in [5.74, 6) is 0.239. The molecule has 0 atom stereocenters. The van der Waals surface area contributed by atoms with E-state index in [0.717, 1.165) is 16.4 Å². The molecule has 1 fully saturated rings. The van der Waals surface area contributed by atoms with Gasteiger partial charge in [0.2, 0.25) is 15.9 Å². The van der Waals surface area contributed by atoms with Gasteiger partial charge in [-0.1, -0.05) is 50.6 Å². The zero-order valence-corrected chi connectivity index (χ0v) is 21.1. The summed E-state index contributed by atoms with van der Waals surface area (Å²) in [6.07, 6.45) is 4.86. The molecule has 1 aliphatic carbocycles. The standard InChI is InChI=1S/C23H34N4O3S2/c1-5-26(6-2)32(29,30)21-13-11-19(12-14-21)15-24-22(28)16-31-23-25-17(3)18(4)27(23)20-9-7-8-10-20/h11-14,20H,5-10,15-16H2,1-4H3,(H,24,28). The van der Waals surface area contributed by atoms with Crippen LogP contribution in [0.15, 0.2) is 34.3 Å². The van der Waals surface area contributed by atoms with E-state index in [-0.39, 0.29) is 10.8 Å². The fraction of sp³-hybridized carbons (Fsp3) is 0.565. The first-order chi connectivity index (χ1) is 15.3. The molecule has 7 nitrogen and oxygen atoms in total. The minimum Gasteiger partial charge on any atom is -0.351 e. The van der Waals surface area contributed by atoms with Crippen molar-refractivity contribution in [2.75, 3.05) is 18.8 Å². The molecule has 1 heterocycles. The molecule has 1 amide bonds. The van der Waals surface area contributed by atoms with Crippen molar-refractivity contribution in [3.8, 4) is 0 Å². The lowest BCUT2D eigenvalue weighted by atomic mass is 10.2. The van der Waals surface area contributed by atoms with E-state index in [1.165, 1.54) is 47.4 Å². The molecule has 32 heavy (non-hydrogen) atoms. The first-order valence-corrected chi connectivity index (χ1v) is 13.7. The molecule has 0 spiro atoms. The zero-order chi connectivity index (χ0) is 23.3. The molecule has 1 aromatic carbocycles. The first-order valence-electron chi connectivity index (χ1n) is 11.3. The van der Waals surface area contributed by atoms with E-state index in [2.05, 4.69) is 16.8 Å². The molecule has 1 aliphatic rings. The number of hydrogen-bond acceptors (Lipinski definition) is 5. The van der Waals surface area contributed by atoms with Gasteiger partial charge in [-0.25, -0.2) is 13.4 Å². The van der Waals surface area contributed by atoms with Crippen molar-refractivity contribution in [1.82, 2.24) is 19.2 Å². The Hall–Kier alpha value is -1.84. The average Bonchev–Trinajstić information content (AvgIpc) is 3.40. The second-order valence-electron chi connectivity index (χ2n) is 8.17. The molecule has 1 N–H and O–H groups in total. The fourth-order valence-corrected chi connectivity index (χ4v) is 6.61. The number of carbonyl (C=O) groups excluding carboxylic acids is 1. The van der Waals surface area contributed by atoms with Gasteiger partial charge in [0.25, 0.3) is 0 Å². The topological polar surface area (TPSA) is 84.3 Å². The number of hydrogen-bond donors (Lipinski definition) is 1. The van der Waals surface area contributed by atoms with Crippen LogP contribution >= 0.6 is 11.8 Å². The van der Waals surface area contributed by atoms with Gasteiger partial charge in [-0.3, -0.25) is 4.79 Å². The van der Waals surface area contributed by atoms with Crippen LogP contribution in [0.1, 0.15) is 62.5 Å².